The SMILES string of the molecule is CN=C(NCCCN1CCN(c2cccc(Cl)c2)CC1)NCCOC.I. The number of methoxy groups -OCH3 is 1. The van der Waals surface area contributed by atoms with E-state index in [1.807, 2.05) is 18.2 Å². The molecule has 26 heavy (non-hydrogen) atoms. The summed E-state index contributed by atoms with van der Waals surface area (Å²) in [4.78, 5) is 9.13. The average Bonchev–Trinajstić information content (AvgIpc) is 2.64. The van der Waals surface area contributed by atoms with Crippen molar-refractivity contribution in [3.63, 3.8) is 0 Å². The molecule has 0 radical (unpaired) electrons. The number of hydrogen-bond donors (Lipinski definition) is 2. The van der Waals surface area contributed by atoms with Gasteiger partial charge in [-0.2, -0.15) is 0 Å². The Labute approximate surface area is 179 Å². The lowest BCUT2D eigenvalue weighted by atomic mass is 10.2. The van der Waals surface area contributed by atoms with Crippen LogP contribution in [0.5, 0.6) is 0 Å². The molecular weight excluding hydrogens is 465 g/mol. The molecular formula is C18H31ClIN5O. The summed E-state index contributed by atoms with van der Waals surface area (Å²) in [7, 11) is 3.49. The van der Waals surface area contributed by atoms with Crippen LogP contribution in [0.15, 0.2) is 29.3 Å². The van der Waals surface area contributed by atoms with Gasteiger partial charge in [-0.3, -0.25) is 9.89 Å². The Hall–Kier alpha value is -0.770. The van der Waals surface area contributed by atoms with Crippen LogP contribution in [0.1, 0.15) is 6.42 Å². The molecule has 0 aromatic heterocycles. The maximum absolute atomic E-state index is 6.09. The van der Waals surface area contributed by atoms with E-state index in [0.29, 0.717) is 6.61 Å². The van der Waals surface area contributed by atoms with Crippen molar-refractivity contribution in [1.29, 1.82) is 0 Å². The van der Waals surface area contributed by atoms with Crippen molar-refractivity contribution in [2.75, 3.05) is 71.5 Å². The third-order valence-electron chi connectivity index (χ3n) is 4.31. The predicted octanol–water partition coefficient (Wildman–Crippen LogP) is 2.28. The first-order chi connectivity index (χ1) is 12.2. The number of anilines is 1. The number of halogens is 2. The Morgan fingerprint density at radius 1 is 1.19 bits per heavy atom. The van der Waals surface area contributed by atoms with Gasteiger partial charge in [0.15, 0.2) is 5.96 Å². The Balaban J connectivity index is 0.00000338. The average molecular weight is 496 g/mol. The highest BCUT2D eigenvalue weighted by atomic mass is 127. The quantitative estimate of drug-likeness (QED) is 0.251. The molecule has 2 N–H and O–H groups in total. The highest BCUT2D eigenvalue weighted by Gasteiger charge is 2.16. The molecule has 0 amide bonds. The van der Waals surface area contributed by atoms with Gasteiger partial charge >= 0.3 is 0 Å². The zero-order chi connectivity index (χ0) is 17.9. The van der Waals surface area contributed by atoms with Crippen molar-refractivity contribution in [2.45, 2.75) is 6.42 Å². The topological polar surface area (TPSA) is 52.1 Å². The van der Waals surface area contributed by atoms with Gasteiger partial charge in [0.05, 0.1) is 6.61 Å². The van der Waals surface area contributed by atoms with Gasteiger partial charge in [-0.05, 0) is 31.2 Å². The van der Waals surface area contributed by atoms with E-state index in [1.165, 1.54) is 5.69 Å². The van der Waals surface area contributed by atoms with Crippen molar-refractivity contribution in [3.8, 4) is 0 Å². The first-order valence-electron chi connectivity index (χ1n) is 8.89. The summed E-state index contributed by atoms with van der Waals surface area (Å²) >= 11 is 6.09. The summed E-state index contributed by atoms with van der Waals surface area (Å²) in [5.41, 5.74) is 1.22. The molecule has 1 fully saturated rings. The summed E-state index contributed by atoms with van der Waals surface area (Å²) in [6, 6.07) is 8.12. The third-order valence-corrected chi connectivity index (χ3v) is 4.55. The lowest BCUT2D eigenvalue weighted by Gasteiger charge is -2.36. The van der Waals surface area contributed by atoms with Crippen LogP contribution in [0.25, 0.3) is 0 Å². The van der Waals surface area contributed by atoms with Gasteiger partial charge in [0.1, 0.15) is 0 Å². The van der Waals surface area contributed by atoms with Crippen molar-refractivity contribution >= 4 is 47.2 Å². The molecule has 0 aliphatic carbocycles. The van der Waals surface area contributed by atoms with Gasteiger partial charge in [-0.1, -0.05) is 17.7 Å². The molecule has 2 rings (SSSR count). The number of ether oxygens (including phenoxy) is 1. The molecule has 148 valence electrons. The summed E-state index contributed by atoms with van der Waals surface area (Å²) in [6.45, 7) is 7.74. The van der Waals surface area contributed by atoms with E-state index in [0.717, 1.165) is 63.2 Å². The molecule has 0 spiro atoms. The summed E-state index contributed by atoms with van der Waals surface area (Å²) in [5, 5.41) is 7.36. The van der Waals surface area contributed by atoms with E-state index in [2.05, 4.69) is 31.5 Å². The fourth-order valence-electron chi connectivity index (χ4n) is 2.90. The highest BCUT2D eigenvalue weighted by molar-refractivity contribution is 14.0. The van der Waals surface area contributed by atoms with E-state index < -0.39 is 0 Å². The van der Waals surface area contributed by atoms with Crippen molar-refractivity contribution in [3.05, 3.63) is 29.3 Å². The summed E-state index contributed by atoms with van der Waals surface area (Å²) in [6.07, 6.45) is 1.10. The number of nitrogens with one attached hydrogen (secondary N) is 2. The minimum atomic E-state index is 0. The summed E-state index contributed by atoms with van der Waals surface area (Å²) < 4.78 is 5.03. The van der Waals surface area contributed by atoms with Gasteiger partial charge in [-0.25, -0.2) is 0 Å². The maximum atomic E-state index is 6.09. The molecule has 0 atom stereocenters. The summed E-state index contributed by atoms with van der Waals surface area (Å²) in [5.74, 6) is 0.836. The number of rotatable bonds is 8. The van der Waals surface area contributed by atoms with Crippen molar-refractivity contribution in [2.24, 2.45) is 4.99 Å². The number of guanidine groups is 1. The molecule has 0 saturated carbocycles. The molecule has 1 heterocycles. The fourth-order valence-corrected chi connectivity index (χ4v) is 3.09. The Morgan fingerprint density at radius 3 is 2.58 bits per heavy atom. The van der Waals surface area contributed by atoms with Gasteiger partial charge in [0.25, 0.3) is 0 Å². The van der Waals surface area contributed by atoms with Crippen LogP contribution >= 0.6 is 35.6 Å². The normalized spacial score (nSPS) is 15.5. The van der Waals surface area contributed by atoms with Gasteiger partial charge < -0.3 is 20.3 Å². The van der Waals surface area contributed by atoms with Crippen molar-refractivity contribution < 1.29 is 4.74 Å². The van der Waals surface area contributed by atoms with Crippen LogP contribution in [-0.2, 0) is 4.74 Å². The standard InChI is InChI=1S/C18H30ClN5O.HI/c1-20-18(22-8-14-25-2)21-7-4-9-23-10-12-24(13-11-23)17-6-3-5-16(19)15-17;/h3,5-6,15H,4,7-14H2,1-2H3,(H2,20,21,22);1H. The third kappa shape index (κ3) is 8.28. The van der Waals surface area contributed by atoms with Crippen LogP contribution < -0.4 is 15.5 Å². The largest absolute Gasteiger partial charge is 0.383 e. The van der Waals surface area contributed by atoms with E-state index in [-0.39, 0.29) is 24.0 Å². The molecule has 1 aromatic rings. The van der Waals surface area contributed by atoms with Crippen LogP contribution in [0.4, 0.5) is 5.69 Å². The fraction of sp³-hybridized carbons (Fsp3) is 0.611. The van der Waals surface area contributed by atoms with E-state index in [4.69, 9.17) is 16.3 Å². The Morgan fingerprint density at radius 2 is 1.92 bits per heavy atom. The zero-order valence-electron chi connectivity index (χ0n) is 15.7. The first kappa shape index (κ1) is 23.3. The molecule has 1 aromatic carbocycles. The smallest absolute Gasteiger partial charge is 0.191 e. The van der Waals surface area contributed by atoms with Crippen molar-refractivity contribution in [1.82, 2.24) is 15.5 Å². The zero-order valence-corrected chi connectivity index (χ0v) is 18.8. The lowest BCUT2D eigenvalue weighted by molar-refractivity contribution is 0.203. The minimum Gasteiger partial charge on any atom is -0.383 e. The number of hydrogen-bond acceptors (Lipinski definition) is 4. The molecule has 1 aliphatic heterocycles. The Bertz CT molecular complexity index is 538. The monoisotopic (exact) mass is 495 g/mol. The molecule has 0 unspecified atom stereocenters. The van der Waals surface area contributed by atoms with Gasteiger partial charge in [-0.15, -0.1) is 24.0 Å². The van der Waals surface area contributed by atoms with E-state index >= 15 is 0 Å². The predicted molar refractivity (Wildman–Crippen MR) is 121 cm³/mol. The second-order valence-electron chi connectivity index (χ2n) is 6.08. The van der Waals surface area contributed by atoms with Crippen LogP contribution in [0, 0.1) is 0 Å². The maximum Gasteiger partial charge on any atom is 0.191 e. The second-order valence-corrected chi connectivity index (χ2v) is 6.52. The molecule has 1 aliphatic rings. The lowest BCUT2D eigenvalue weighted by Crippen LogP contribution is -2.47. The van der Waals surface area contributed by atoms with E-state index in [9.17, 15) is 0 Å². The highest BCUT2D eigenvalue weighted by Crippen LogP contribution is 2.20. The number of piperazine rings is 1. The van der Waals surface area contributed by atoms with Crippen LogP contribution in [0.2, 0.25) is 5.02 Å². The number of nitrogens with zero attached hydrogens (tertiary/aromatic N) is 3. The molecule has 0 bridgehead atoms. The van der Waals surface area contributed by atoms with Gasteiger partial charge in [0.2, 0.25) is 0 Å². The molecule has 6 nitrogen and oxygen atoms in total. The van der Waals surface area contributed by atoms with Crippen LogP contribution in [-0.4, -0.2) is 77.4 Å². The number of aliphatic imine (C=N–C) groups is 1. The molecule has 1 saturated heterocycles. The first-order valence-corrected chi connectivity index (χ1v) is 9.27. The van der Waals surface area contributed by atoms with Gasteiger partial charge in [0, 0.05) is 64.1 Å². The number of benzene rings is 1. The molecule has 8 heteroatoms. The minimum absolute atomic E-state index is 0. The Kier molecular flexibility index (Phi) is 12.0. The van der Waals surface area contributed by atoms with E-state index in [1.54, 1.807) is 14.2 Å². The van der Waals surface area contributed by atoms with Crippen LogP contribution in [0.3, 0.4) is 0 Å². The second kappa shape index (κ2) is 13.4.